The molecule has 5 rings (SSSR count). The monoisotopic (exact) mass is 455 g/mol. The van der Waals surface area contributed by atoms with Gasteiger partial charge >= 0.3 is 6.18 Å². The molecule has 0 amide bonds. The lowest BCUT2D eigenvalue weighted by Gasteiger charge is -2.22. The molecule has 0 aliphatic carbocycles. The van der Waals surface area contributed by atoms with E-state index in [1.54, 1.807) is 18.2 Å². The van der Waals surface area contributed by atoms with E-state index in [9.17, 15) is 21.6 Å². The first-order chi connectivity index (χ1) is 14.1. The van der Waals surface area contributed by atoms with Crippen LogP contribution in [0, 0.1) is 0 Å². The number of imidazole rings is 1. The molecule has 0 saturated heterocycles. The van der Waals surface area contributed by atoms with Crippen molar-refractivity contribution in [2.45, 2.75) is 24.2 Å². The Bertz CT molecular complexity index is 1380. The molecule has 2 N–H and O–H groups in total. The molecule has 12 heteroatoms. The highest BCUT2D eigenvalue weighted by molar-refractivity contribution is 7.92. The van der Waals surface area contributed by atoms with Gasteiger partial charge in [0.2, 0.25) is 0 Å². The van der Waals surface area contributed by atoms with Crippen LogP contribution in [0.15, 0.2) is 34.8 Å². The molecule has 1 aliphatic rings. The Kier molecular flexibility index (Phi) is 4.18. The van der Waals surface area contributed by atoms with Crippen molar-refractivity contribution >= 4 is 42.9 Å². The minimum atomic E-state index is -4.65. The van der Waals surface area contributed by atoms with Gasteiger partial charge in [-0.2, -0.15) is 21.6 Å². The topological polar surface area (TPSA) is 82.5 Å². The van der Waals surface area contributed by atoms with Crippen LogP contribution in [-0.2, 0) is 29.2 Å². The number of sulfonamides is 1. The first kappa shape index (κ1) is 19.4. The Morgan fingerprint density at radius 1 is 1.30 bits per heavy atom. The Balaban J connectivity index is 1.51. The quantitative estimate of drug-likeness (QED) is 0.494. The van der Waals surface area contributed by atoms with Crippen LogP contribution in [0.25, 0.3) is 15.9 Å². The molecule has 30 heavy (non-hydrogen) atoms. The molecule has 0 atom stereocenters. The summed E-state index contributed by atoms with van der Waals surface area (Å²) < 4.78 is 68.0. The van der Waals surface area contributed by atoms with Gasteiger partial charge in [0.15, 0.2) is 15.7 Å². The van der Waals surface area contributed by atoms with E-state index in [4.69, 9.17) is 0 Å². The van der Waals surface area contributed by atoms with Crippen LogP contribution in [0.1, 0.15) is 17.0 Å². The van der Waals surface area contributed by atoms with E-state index < -0.39 is 21.9 Å². The predicted octanol–water partition coefficient (Wildman–Crippen LogP) is 3.68. The summed E-state index contributed by atoms with van der Waals surface area (Å²) in [5.41, 5.74) is 2.40. The number of rotatable bonds is 3. The number of anilines is 1. The maximum atomic E-state index is 12.9. The van der Waals surface area contributed by atoms with Gasteiger partial charge in [-0.3, -0.25) is 9.12 Å². The zero-order chi connectivity index (χ0) is 21.3. The van der Waals surface area contributed by atoms with Crippen LogP contribution in [0.4, 0.5) is 18.9 Å². The lowest BCUT2D eigenvalue weighted by atomic mass is 10.0. The average molecular weight is 455 g/mol. The van der Waals surface area contributed by atoms with Crippen molar-refractivity contribution in [3.8, 4) is 0 Å². The summed E-state index contributed by atoms with van der Waals surface area (Å²) in [7, 11) is -2.08. The van der Waals surface area contributed by atoms with Gasteiger partial charge in [0.25, 0.3) is 10.0 Å². The lowest BCUT2D eigenvalue weighted by Crippen LogP contribution is -2.26. The Morgan fingerprint density at radius 3 is 2.87 bits per heavy atom. The third-order valence-corrected chi connectivity index (χ3v) is 7.52. The highest BCUT2D eigenvalue weighted by Crippen LogP contribution is 2.33. The van der Waals surface area contributed by atoms with Crippen LogP contribution in [0.3, 0.4) is 0 Å². The highest BCUT2D eigenvalue weighted by Gasteiger charge is 2.35. The predicted molar refractivity (Wildman–Crippen MR) is 107 cm³/mol. The molecule has 7 nitrogen and oxygen atoms in total. The molecule has 0 radical (unpaired) electrons. The number of nitrogens with one attached hydrogen (secondary N) is 2. The van der Waals surface area contributed by atoms with E-state index in [2.05, 4.69) is 19.6 Å². The molecule has 0 spiro atoms. The van der Waals surface area contributed by atoms with Crippen molar-refractivity contribution in [2.75, 3.05) is 18.3 Å². The second kappa shape index (κ2) is 6.46. The average Bonchev–Trinajstić information content (AvgIpc) is 3.31. The van der Waals surface area contributed by atoms with Crippen molar-refractivity contribution in [3.05, 3.63) is 46.7 Å². The van der Waals surface area contributed by atoms with E-state index >= 15 is 0 Å². The fraction of sp³-hybridized carbons (Fsp3) is 0.278. The molecule has 4 aromatic rings. The number of alkyl halides is 3. The fourth-order valence-electron chi connectivity index (χ4n) is 3.74. The summed E-state index contributed by atoms with van der Waals surface area (Å²) >= 11 is 0.834. The highest BCUT2D eigenvalue weighted by atomic mass is 32.2. The van der Waals surface area contributed by atoms with E-state index in [1.165, 1.54) is 5.38 Å². The lowest BCUT2D eigenvalue weighted by molar-refractivity contribution is -0.140. The maximum Gasteiger partial charge on any atom is 0.434 e. The van der Waals surface area contributed by atoms with Crippen LogP contribution in [-0.4, -0.2) is 41.3 Å². The summed E-state index contributed by atoms with van der Waals surface area (Å²) in [6.07, 6.45) is -3.10. The molecule has 0 fully saturated rings. The summed E-state index contributed by atoms with van der Waals surface area (Å²) in [4.78, 5) is 9.00. The third kappa shape index (κ3) is 3.15. The minimum absolute atomic E-state index is 0.0398. The first-order valence-electron chi connectivity index (χ1n) is 9.00. The van der Waals surface area contributed by atoms with E-state index in [-0.39, 0.29) is 9.99 Å². The molecule has 1 aromatic carbocycles. The van der Waals surface area contributed by atoms with Crippen LogP contribution < -0.4 is 4.72 Å². The SMILES string of the molecule is CN1CCc2c([nH]c3ccc(NS(=O)(=O)c4csc5nc(C(F)(F)F)cn45)cc23)C1. The molecule has 0 unspecified atom stereocenters. The van der Waals surface area contributed by atoms with E-state index in [0.29, 0.717) is 11.9 Å². The van der Waals surface area contributed by atoms with Gasteiger partial charge in [0.05, 0.1) is 0 Å². The molecule has 0 saturated carbocycles. The van der Waals surface area contributed by atoms with Crippen molar-refractivity contribution < 1.29 is 21.6 Å². The molecule has 158 valence electrons. The first-order valence-corrected chi connectivity index (χ1v) is 11.4. The minimum Gasteiger partial charge on any atom is -0.357 e. The van der Waals surface area contributed by atoms with Crippen molar-refractivity contribution in [2.24, 2.45) is 0 Å². The summed E-state index contributed by atoms with van der Waals surface area (Å²) in [6.45, 7) is 1.70. The van der Waals surface area contributed by atoms with Gasteiger partial charge in [0, 0.05) is 47.0 Å². The number of halogens is 3. The fourth-order valence-corrected chi connectivity index (χ4v) is 6.12. The summed E-state index contributed by atoms with van der Waals surface area (Å²) in [5.74, 6) is 0. The summed E-state index contributed by atoms with van der Waals surface area (Å²) in [6, 6.07) is 5.18. The number of aromatic amines is 1. The number of thiazole rings is 1. The smallest absolute Gasteiger partial charge is 0.357 e. The van der Waals surface area contributed by atoms with Gasteiger partial charge in [-0.25, -0.2) is 4.98 Å². The van der Waals surface area contributed by atoms with Gasteiger partial charge in [0.1, 0.15) is 0 Å². The zero-order valence-electron chi connectivity index (χ0n) is 15.6. The van der Waals surface area contributed by atoms with Crippen LogP contribution in [0.5, 0.6) is 0 Å². The number of hydrogen-bond donors (Lipinski definition) is 2. The Hall–Kier alpha value is -2.57. The number of benzene rings is 1. The molecular weight excluding hydrogens is 439 g/mol. The normalized spacial score (nSPS) is 15.7. The zero-order valence-corrected chi connectivity index (χ0v) is 17.2. The van der Waals surface area contributed by atoms with E-state index in [0.717, 1.165) is 57.4 Å². The molecule has 4 heterocycles. The maximum absolute atomic E-state index is 12.9. The number of H-pyrrole nitrogens is 1. The van der Waals surface area contributed by atoms with Crippen LogP contribution in [0.2, 0.25) is 0 Å². The van der Waals surface area contributed by atoms with E-state index in [1.807, 2.05) is 7.05 Å². The third-order valence-electron chi connectivity index (χ3n) is 5.16. The van der Waals surface area contributed by atoms with Crippen molar-refractivity contribution in [3.63, 3.8) is 0 Å². The number of aromatic nitrogens is 3. The van der Waals surface area contributed by atoms with Gasteiger partial charge in [-0.15, -0.1) is 11.3 Å². The van der Waals surface area contributed by atoms with Crippen molar-refractivity contribution in [1.82, 2.24) is 19.3 Å². The molecular formula is C18H16F3N5O2S2. The summed E-state index contributed by atoms with van der Waals surface area (Å²) in [5, 5.41) is 1.93. The Morgan fingerprint density at radius 2 is 2.10 bits per heavy atom. The second-order valence-corrected chi connectivity index (χ2v) is 9.75. The number of likely N-dealkylation sites (N-methyl/N-ethyl adjacent to an activating group) is 1. The Labute approximate surface area is 173 Å². The largest absolute Gasteiger partial charge is 0.434 e. The second-order valence-electron chi connectivity index (χ2n) is 7.29. The molecule has 3 aromatic heterocycles. The van der Waals surface area contributed by atoms with Gasteiger partial charge < -0.3 is 9.88 Å². The number of hydrogen-bond acceptors (Lipinski definition) is 5. The van der Waals surface area contributed by atoms with Crippen molar-refractivity contribution in [1.29, 1.82) is 0 Å². The number of fused-ring (bicyclic) bond motifs is 4. The molecule has 1 aliphatic heterocycles. The van der Waals surface area contributed by atoms with Gasteiger partial charge in [-0.05, 0) is 37.2 Å². The van der Waals surface area contributed by atoms with Crippen LogP contribution >= 0.6 is 11.3 Å². The standard InChI is InChI=1S/C18H16F3N5O2S2/c1-25-5-4-11-12-6-10(2-3-13(12)22-14(11)7-25)24-30(27,28)16-9-29-17-23-15(8-26(16)17)18(19,20)21/h2-3,6,8-9,22,24H,4-5,7H2,1H3. The molecule has 0 bridgehead atoms. The van der Waals surface area contributed by atoms with Gasteiger partial charge in [-0.1, -0.05) is 0 Å². The number of nitrogens with zero attached hydrogens (tertiary/aromatic N) is 3.